The number of alkyl halides is 2. The van der Waals surface area contributed by atoms with Crippen molar-refractivity contribution in [3.63, 3.8) is 0 Å². The Kier molecular flexibility index (Phi) is 12.6. The van der Waals surface area contributed by atoms with Gasteiger partial charge < -0.3 is 42.8 Å². The van der Waals surface area contributed by atoms with E-state index in [4.69, 9.17) is 17.2 Å². The third-order valence-electron chi connectivity index (χ3n) is 6.19. The summed E-state index contributed by atoms with van der Waals surface area (Å²) in [6, 6.07) is 8.95. The molecule has 10 N–H and O–H groups in total. The van der Waals surface area contributed by atoms with Crippen LogP contribution in [0, 0.1) is 0 Å². The standard InChI is InChI=1S/C26H37BF2N6O5/c1-26(28,29)18-8-6-17(7-9-18)16-22(25(38)33-21-5-3-2-4-19(21)27(39)40)34-24(37)20(32)10-11-23(36)35(14-12-30)15-13-31/h2-9,20,22,39-40H,10-16,30-32H2,1H3,(H,33,38)(H,34,37). The van der Waals surface area contributed by atoms with Crippen LogP contribution in [0.1, 0.15) is 30.9 Å². The minimum Gasteiger partial charge on any atom is -0.423 e. The number of carbonyl (C=O) groups excluding carboxylic acids is 3. The zero-order chi connectivity index (χ0) is 29.9. The summed E-state index contributed by atoms with van der Waals surface area (Å²) < 4.78 is 27.3. The van der Waals surface area contributed by atoms with E-state index in [9.17, 15) is 33.2 Å². The average molecular weight is 562 g/mol. The second-order valence-corrected chi connectivity index (χ2v) is 9.40. The van der Waals surface area contributed by atoms with Gasteiger partial charge in [0.2, 0.25) is 17.7 Å². The molecule has 0 bridgehead atoms. The van der Waals surface area contributed by atoms with Gasteiger partial charge in [-0.25, -0.2) is 8.78 Å². The van der Waals surface area contributed by atoms with Crippen molar-refractivity contribution in [3.8, 4) is 0 Å². The Hall–Kier alpha value is -3.43. The van der Waals surface area contributed by atoms with Crippen molar-refractivity contribution in [3.05, 3.63) is 59.7 Å². The number of nitrogens with one attached hydrogen (secondary N) is 2. The van der Waals surface area contributed by atoms with Gasteiger partial charge in [0.05, 0.1) is 6.04 Å². The summed E-state index contributed by atoms with van der Waals surface area (Å²) in [6.45, 7) is 1.90. The summed E-state index contributed by atoms with van der Waals surface area (Å²) in [5.74, 6) is -4.72. The molecule has 0 fully saturated rings. The Balaban J connectivity index is 2.19. The van der Waals surface area contributed by atoms with Crippen LogP contribution in [0.2, 0.25) is 0 Å². The number of hydrogen-bond donors (Lipinski definition) is 7. The molecule has 2 unspecified atom stereocenters. The van der Waals surface area contributed by atoms with Gasteiger partial charge in [0.1, 0.15) is 6.04 Å². The van der Waals surface area contributed by atoms with E-state index < -0.39 is 36.9 Å². The Morgan fingerprint density at radius 3 is 2.15 bits per heavy atom. The SMILES string of the molecule is CC(F)(F)c1ccc(CC(NC(=O)C(N)CCC(=O)N(CCN)CCN)C(=O)Nc2ccccc2B(O)O)cc1. The van der Waals surface area contributed by atoms with Crippen molar-refractivity contribution in [1.82, 2.24) is 10.2 Å². The van der Waals surface area contributed by atoms with Crippen LogP contribution in [-0.2, 0) is 26.7 Å². The van der Waals surface area contributed by atoms with Gasteiger partial charge in [-0.2, -0.15) is 0 Å². The third kappa shape index (κ3) is 9.95. The number of benzene rings is 2. The van der Waals surface area contributed by atoms with Gasteiger partial charge in [-0.1, -0.05) is 42.5 Å². The van der Waals surface area contributed by atoms with Gasteiger partial charge in [-0.05, 0) is 18.1 Å². The lowest BCUT2D eigenvalue weighted by molar-refractivity contribution is -0.131. The molecule has 11 nitrogen and oxygen atoms in total. The van der Waals surface area contributed by atoms with E-state index in [1.54, 1.807) is 12.1 Å². The molecule has 2 rings (SSSR count). The number of nitrogens with two attached hydrogens (primary N) is 3. The third-order valence-corrected chi connectivity index (χ3v) is 6.19. The first-order valence-corrected chi connectivity index (χ1v) is 12.8. The highest BCUT2D eigenvalue weighted by Crippen LogP contribution is 2.27. The Bertz CT molecular complexity index is 1130. The molecule has 0 aliphatic carbocycles. The molecule has 40 heavy (non-hydrogen) atoms. The van der Waals surface area contributed by atoms with E-state index in [2.05, 4.69) is 10.6 Å². The summed E-state index contributed by atoms with van der Waals surface area (Å²) in [7, 11) is -1.86. The fourth-order valence-electron chi connectivity index (χ4n) is 3.95. The Morgan fingerprint density at radius 1 is 1.00 bits per heavy atom. The molecule has 0 saturated heterocycles. The maximum Gasteiger partial charge on any atom is 0.490 e. The predicted octanol–water partition coefficient (Wildman–Crippen LogP) is -1.00. The second kappa shape index (κ2) is 15.4. The van der Waals surface area contributed by atoms with E-state index in [-0.39, 0.29) is 55.0 Å². The number of carbonyl (C=O) groups is 3. The number of hydrogen-bond acceptors (Lipinski definition) is 8. The van der Waals surface area contributed by atoms with Crippen molar-refractivity contribution in [1.29, 1.82) is 0 Å². The van der Waals surface area contributed by atoms with Crippen molar-refractivity contribution in [2.75, 3.05) is 31.5 Å². The fourth-order valence-corrected chi connectivity index (χ4v) is 3.95. The van der Waals surface area contributed by atoms with E-state index in [0.717, 1.165) is 6.92 Å². The fraction of sp³-hybridized carbons (Fsp3) is 0.423. The highest BCUT2D eigenvalue weighted by Gasteiger charge is 2.28. The predicted molar refractivity (Wildman–Crippen MR) is 148 cm³/mol. The maximum absolute atomic E-state index is 13.6. The van der Waals surface area contributed by atoms with Gasteiger partial charge in [0, 0.05) is 62.7 Å². The summed E-state index contributed by atoms with van der Waals surface area (Å²) in [4.78, 5) is 40.1. The van der Waals surface area contributed by atoms with E-state index in [0.29, 0.717) is 18.7 Å². The lowest BCUT2D eigenvalue weighted by Gasteiger charge is -2.23. The van der Waals surface area contributed by atoms with Gasteiger partial charge in [0.25, 0.3) is 5.92 Å². The molecule has 0 heterocycles. The molecule has 0 saturated carbocycles. The number of halogens is 2. The van der Waals surface area contributed by atoms with Crippen LogP contribution in [0.3, 0.4) is 0 Å². The molecule has 0 spiro atoms. The molecular weight excluding hydrogens is 525 g/mol. The summed E-state index contributed by atoms with van der Waals surface area (Å²) in [6.07, 6.45) is -0.131. The van der Waals surface area contributed by atoms with Gasteiger partial charge in [-0.3, -0.25) is 14.4 Å². The molecule has 0 aromatic heterocycles. The quantitative estimate of drug-likeness (QED) is 0.134. The normalized spacial score (nSPS) is 12.8. The van der Waals surface area contributed by atoms with Crippen molar-refractivity contribution in [2.24, 2.45) is 17.2 Å². The van der Waals surface area contributed by atoms with Gasteiger partial charge in [-0.15, -0.1) is 0 Å². The lowest BCUT2D eigenvalue weighted by Crippen LogP contribution is -2.51. The van der Waals surface area contributed by atoms with E-state index in [1.807, 2.05) is 0 Å². The number of rotatable bonds is 15. The van der Waals surface area contributed by atoms with Gasteiger partial charge >= 0.3 is 7.12 Å². The average Bonchev–Trinajstić information content (AvgIpc) is 2.90. The largest absolute Gasteiger partial charge is 0.490 e. The first kappa shape index (κ1) is 32.8. The van der Waals surface area contributed by atoms with Crippen LogP contribution < -0.4 is 33.3 Å². The highest BCUT2D eigenvalue weighted by molar-refractivity contribution is 6.60. The van der Waals surface area contributed by atoms with Crippen molar-refractivity contribution in [2.45, 2.75) is 44.2 Å². The summed E-state index contributed by atoms with van der Waals surface area (Å²) >= 11 is 0. The smallest absolute Gasteiger partial charge is 0.423 e. The van der Waals surface area contributed by atoms with Crippen LogP contribution in [-0.4, -0.2) is 78.1 Å². The molecular formula is C26H37BF2N6O5. The molecule has 3 amide bonds. The first-order chi connectivity index (χ1) is 18.9. The zero-order valence-corrected chi connectivity index (χ0v) is 22.4. The van der Waals surface area contributed by atoms with E-state index in [1.165, 1.54) is 41.3 Å². The van der Waals surface area contributed by atoms with Crippen LogP contribution in [0.25, 0.3) is 0 Å². The first-order valence-electron chi connectivity index (χ1n) is 12.8. The number of amides is 3. The number of anilines is 1. The molecule has 0 aliphatic heterocycles. The Morgan fingerprint density at radius 2 is 1.60 bits per heavy atom. The monoisotopic (exact) mass is 562 g/mol. The highest BCUT2D eigenvalue weighted by atomic mass is 19.3. The minimum atomic E-state index is -3.05. The Labute approximate surface area is 232 Å². The number of para-hydroxylation sites is 1. The second-order valence-electron chi connectivity index (χ2n) is 9.40. The van der Waals surface area contributed by atoms with Crippen LogP contribution in [0.4, 0.5) is 14.5 Å². The zero-order valence-electron chi connectivity index (χ0n) is 22.4. The topological polar surface area (TPSA) is 197 Å². The van der Waals surface area contributed by atoms with Gasteiger partial charge in [0.15, 0.2) is 0 Å². The molecule has 14 heteroatoms. The molecule has 2 atom stereocenters. The molecule has 0 radical (unpaired) electrons. The summed E-state index contributed by atoms with van der Waals surface area (Å²) in [5, 5.41) is 24.4. The van der Waals surface area contributed by atoms with Crippen molar-refractivity contribution < 1.29 is 33.2 Å². The summed E-state index contributed by atoms with van der Waals surface area (Å²) in [5.41, 5.74) is 17.5. The molecule has 2 aromatic carbocycles. The maximum atomic E-state index is 13.6. The molecule has 0 aliphatic rings. The van der Waals surface area contributed by atoms with Crippen LogP contribution >= 0.6 is 0 Å². The van der Waals surface area contributed by atoms with Crippen LogP contribution in [0.15, 0.2) is 48.5 Å². The minimum absolute atomic E-state index is 0.00946. The van der Waals surface area contributed by atoms with E-state index >= 15 is 0 Å². The van der Waals surface area contributed by atoms with Crippen molar-refractivity contribution >= 4 is 36.0 Å². The molecule has 2 aromatic rings. The lowest BCUT2D eigenvalue weighted by atomic mass is 9.79. The number of nitrogens with zero attached hydrogens (tertiary/aromatic N) is 1. The molecule has 218 valence electrons. The van der Waals surface area contributed by atoms with Crippen LogP contribution in [0.5, 0.6) is 0 Å².